The van der Waals surface area contributed by atoms with Crippen LogP contribution in [0, 0.1) is 17.3 Å². The van der Waals surface area contributed by atoms with Crippen LogP contribution < -0.4 is 0 Å². The van der Waals surface area contributed by atoms with Crippen molar-refractivity contribution in [2.45, 2.75) is 65.8 Å². The molecule has 1 saturated carbocycles. The summed E-state index contributed by atoms with van der Waals surface area (Å²) >= 11 is 0. The van der Waals surface area contributed by atoms with Gasteiger partial charge in [-0.05, 0) is 50.0 Å². The monoisotopic (exact) mass is 349 g/mol. The highest BCUT2D eigenvalue weighted by Gasteiger charge is 2.37. The van der Waals surface area contributed by atoms with Crippen LogP contribution >= 0.6 is 0 Å². The second kappa shape index (κ2) is 7.96. The maximum absolute atomic E-state index is 13.0. The largest absolute Gasteiger partial charge is 0.341 e. The van der Waals surface area contributed by atoms with Crippen LogP contribution in [-0.2, 0) is 4.79 Å². The van der Waals surface area contributed by atoms with Crippen molar-refractivity contribution >= 4 is 5.91 Å². The number of carbonyl (C=O) groups is 1. The maximum atomic E-state index is 13.0. The third kappa shape index (κ3) is 4.57. The predicted octanol–water partition coefficient (Wildman–Crippen LogP) is 3.08. The number of hydrogen-bond acceptors (Lipinski definition) is 3. The number of amides is 1. The second-order valence-corrected chi connectivity index (χ2v) is 9.61. The molecule has 0 N–H and O–H groups in total. The van der Waals surface area contributed by atoms with Crippen LogP contribution in [0.5, 0.6) is 0 Å². The molecule has 0 aromatic carbocycles. The maximum Gasteiger partial charge on any atom is 0.225 e. The lowest BCUT2D eigenvalue weighted by atomic mass is 9.69. The van der Waals surface area contributed by atoms with E-state index in [-0.39, 0.29) is 0 Å². The standard InChI is InChI=1S/C21H39N3O/c1-5-22-12-14-23(15-13-22)19-10-11-24(16-19)20(25)17-6-8-18(9-7-17)21(2,3)4/h17-19H,5-16H2,1-4H3/t17?,18?,19-/m1/s1. The van der Waals surface area contributed by atoms with E-state index in [1.807, 2.05) is 0 Å². The van der Waals surface area contributed by atoms with Gasteiger partial charge in [0.05, 0.1) is 0 Å². The number of piperazine rings is 1. The molecular weight excluding hydrogens is 310 g/mol. The first-order valence-corrected chi connectivity index (χ1v) is 10.6. The zero-order valence-electron chi connectivity index (χ0n) is 17.0. The molecule has 2 aliphatic heterocycles. The van der Waals surface area contributed by atoms with E-state index < -0.39 is 0 Å². The van der Waals surface area contributed by atoms with Gasteiger partial charge in [-0.3, -0.25) is 9.69 Å². The Balaban J connectivity index is 1.45. The SMILES string of the molecule is CCN1CCN([C@@H]2CCN(C(=O)C3CCC(C(C)(C)C)CC3)C2)CC1. The number of carbonyl (C=O) groups excluding carboxylic acids is 1. The van der Waals surface area contributed by atoms with Crippen LogP contribution in [0.4, 0.5) is 0 Å². The van der Waals surface area contributed by atoms with E-state index in [1.54, 1.807) is 0 Å². The summed E-state index contributed by atoms with van der Waals surface area (Å²) in [7, 11) is 0. The molecule has 0 unspecified atom stereocenters. The zero-order valence-corrected chi connectivity index (χ0v) is 17.0. The molecule has 3 rings (SSSR count). The molecule has 0 radical (unpaired) electrons. The smallest absolute Gasteiger partial charge is 0.225 e. The average molecular weight is 350 g/mol. The summed E-state index contributed by atoms with van der Waals surface area (Å²) < 4.78 is 0. The van der Waals surface area contributed by atoms with Crippen molar-refractivity contribution in [3.63, 3.8) is 0 Å². The van der Waals surface area contributed by atoms with Crippen molar-refractivity contribution in [3.8, 4) is 0 Å². The summed E-state index contributed by atoms with van der Waals surface area (Å²) in [6.07, 6.45) is 5.86. The number of likely N-dealkylation sites (tertiary alicyclic amines) is 1. The van der Waals surface area contributed by atoms with Crippen LogP contribution in [0.1, 0.15) is 59.8 Å². The third-order valence-corrected chi connectivity index (χ3v) is 7.15. The van der Waals surface area contributed by atoms with E-state index in [0.29, 0.717) is 23.3 Å². The molecule has 25 heavy (non-hydrogen) atoms. The predicted molar refractivity (Wildman–Crippen MR) is 104 cm³/mol. The van der Waals surface area contributed by atoms with Gasteiger partial charge in [-0.25, -0.2) is 0 Å². The number of hydrogen-bond donors (Lipinski definition) is 0. The Morgan fingerprint density at radius 2 is 1.56 bits per heavy atom. The molecule has 0 spiro atoms. The minimum atomic E-state index is 0.300. The molecule has 3 fully saturated rings. The zero-order chi connectivity index (χ0) is 18.0. The third-order valence-electron chi connectivity index (χ3n) is 7.15. The van der Waals surface area contributed by atoms with Crippen LogP contribution in [0.2, 0.25) is 0 Å². The molecule has 1 amide bonds. The Labute approximate surface area is 154 Å². The first kappa shape index (κ1) is 19.2. The highest BCUT2D eigenvalue weighted by Crippen LogP contribution is 2.40. The molecule has 1 atom stereocenters. The van der Waals surface area contributed by atoms with E-state index in [9.17, 15) is 4.79 Å². The van der Waals surface area contributed by atoms with Gasteiger partial charge in [0, 0.05) is 51.2 Å². The summed E-state index contributed by atoms with van der Waals surface area (Å²) in [6.45, 7) is 17.2. The summed E-state index contributed by atoms with van der Waals surface area (Å²) in [6, 6.07) is 0.605. The van der Waals surface area contributed by atoms with Gasteiger partial charge in [0.15, 0.2) is 0 Å². The van der Waals surface area contributed by atoms with Crippen LogP contribution in [0.3, 0.4) is 0 Å². The molecule has 4 heteroatoms. The summed E-state index contributed by atoms with van der Waals surface area (Å²) in [5.41, 5.74) is 0.396. The molecule has 1 aliphatic carbocycles. The lowest BCUT2D eigenvalue weighted by Gasteiger charge is -2.38. The molecular formula is C21H39N3O. The normalized spacial score (nSPS) is 33.0. The number of nitrogens with zero attached hydrogens (tertiary/aromatic N) is 3. The van der Waals surface area contributed by atoms with E-state index in [1.165, 1.54) is 52.0 Å². The van der Waals surface area contributed by atoms with Crippen molar-refractivity contribution in [1.82, 2.24) is 14.7 Å². The van der Waals surface area contributed by atoms with Gasteiger partial charge in [0.2, 0.25) is 5.91 Å². The Hall–Kier alpha value is -0.610. The minimum Gasteiger partial charge on any atom is -0.341 e. The van der Waals surface area contributed by atoms with Gasteiger partial charge in [-0.15, -0.1) is 0 Å². The molecule has 144 valence electrons. The van der Waals surface area contributed by atoms with Crippen LogP contribution in [0.15, 0.2) is 0 Å². The molecule has 2 heterocycles. The second-order valence-electron chi connectivity index (χ2n) is 9.61. The van der Waals surface area contributed by atoms with Crippen molar-refractivity contribution in [2.24, 2.45) is 17.3 Å². The van der Waals surface area contributed by atoms with Gasteiger partial charge < -0.3 is 9.80 Å². The van der Waals surface area contributed by atoms with Gasteiger partial charge in [-0.2, -0.15) is 0 Å². The Bertz CT molecular complexity index is 443. The van der Waals surface area contributed by atoms with E-state index in [4.69, 9.17) is 0 Å². The van der Waals surface area contributed by atoms with E-state index >= 15 is 0 Å². The fraction of sp³-hybridized carbons (Fsp3) is 0.952. The molecule has 0 aromatic rings. The van der Waals surface area contributed by atoms with E-state index in [2.05, 4.69) is 42.4 Å². The average Bonchev–Trinajstić information content (AvgIpc) is 3.10. The van der Waals surface area contributed by atoms with Crippen LogP contribution in [0.25, 0.3) is 0 Å². The lowest BCUT2D eigenvalue weighted by Crippen LogP contribution is -2.51. The van der Waals surface area contributed by atoms with Gasteiger partial charge in [0.1, 0.15) is 0 Å². The number of likely N-dealkylation sites (N-methyl/N-ethyl adjacent to an activating group) is 1. The van der Waals surface area contributed by atoms with Crippen LogP contribution in [-0.4, -0.2) is 72.5 Å². The highest BCUT2D eigenvalue weighted by molar-refractivity contribution is 5.79. The summed E-state index contributed by atoms with van der Waals surface area (Å²) in [5.74, 6) is 1.55. The first-order valence-electron chi connectivity index (χ1n) is 10.6. The Morgan fingerprint density at radius 1 is 0.920 bits per heavy atom. The summed E-state index contributed by atoms with van der Waals surface area (Å²) in [4.78, 5) is 20.3. The van der Waals surface area contributed by atoms with Gasteiger partial charge in [0.25, 0.3) is 0 Å². The Kier molecular flexibility index (Phi) is 6.10. The van der Waals surface area contributed by atoms with Gasteiger partial charge in [-0.1, -0.05) is 27.7 Å². The molecule has 0 bridgehead atoms. The number of rotatable bonds is 3. The molecule has 3 aliphatic rings. The Morgan fingerprint density at radius 3 is 2.12 bits per heavy atom. The molecule has 4 nitrogen and oxygen atoms in total. The van der Waals surface area contributed by atoms with Crippen molar-refractivity contribution in [1.29, 1.82) is 0 Å². The van der Waals surface area contributed by atoms with Gasteiger partial charge >= 0.3 is 0 Å². The molecule has 2 saturated heterocycles. The van der Waals surface area contributed by atoms with E-state index in [0.717, 1.165) is 31.8 Å². The fourth-order valence-electron chi connectivity index (χ4n) is 5.15. The lowest BCUT2D eigenvalue weighted by molar-refractivity contribution is -0.136. The minimum absolute atomic E-state index is 0.300. The van der Waals surface area contributed by atoms with Crippen molar-refractivity contribution in [3.05, 3.63) is 0 Å². The first-order chi connectivity index (χ1) is 11.9. The topological polar surface area (TPSA) is 26.8 Å². The van der Waals surface area contributed by atoms with Crippen molar-refractivity contribution in [2.75, 3.05) is 45.8 Å². The highest BCUT2D eigenvalue weighted by atomic mass is 16.2. The fourth-order valence-corrected chi connectivity index (χ4v) is 5.15. The van der Waals surface area contributed by atoms with Crippen molar-refractivity contribution < 1.29 is 4.79 Å². The molecule has 0 aromatic heterocycles. The summed E-state index contributed by atoms with van der Waals surface area (Å²) in [5, 5.41) is 0. The quantitative estimate of drug-likeness (QED) is 0.783.